The molecule has 1 aromatic carbocycles. The Hall–Kier alpha value is -1.35. The molecule has 0 radical (unpaired) electrons. The normalized spacial score (nSPS) is 20.1. The van der Waals surface area contributed by atoms with Crippen LogP contribution < -0.4 is 5.32 Å². The van der Waals surface area contributed by atoms with Crippen LogP contribution in [0.15, 0.2) is 30.3 Å². The summed E-state index contributed by atoms with van der Waals surface area (Å²) in [5, 5.41) is 3.36. The molecule has 0 aromatic heterocycles. The number of carbonyl (C=O) groups is 1. The standard InChI is InChI=1S/C16H24N2O/c1-13(14-7-5-4-6-8-14)15(19)18-11-9-16(2,17-3)10-12-18/h4-8,13,17H,9-12H2,1-3H3. The maximum absolute atomic E-state index is 12.5. The van der Waals surface area contributed by atoms with Gasteiger partial charge in [-0.2, -0.15) is 0 Å². The Balaban J connectivity index is 1.98. The van der Waals surface area contributed by atoms with Crippen molar-refractivity contribution in [3.63, 3.8) is 0 Å². The Morgan fingerprint density at radius 3 is 2.37 bits per heavy atom. The molecule has 1 N–H and O–H groups in total. The van der Waals surface area contributed by atoms with E-state index in [2.05, 4.69) is 12.2 Å². The van der Waals surface area contributed by atoms with Gasteiger partial charge in [-0.05, 0) is 39.3 Å². The molecule has 1 saturated heterocycles. The molecule has 1 fully saturated rings. The molecule has 1 aromatic rings. The van der Waals surface area contributed by atoms with Crippen LogP contribution in [0, 0.1) is 0 Å². The fourth-order valence-corrected chi connectivity index (χ4v) is 2.63. The Bertz CT molecular complexity index is 422. The molecule has 1 atom stereocenters. The van der Waals surface area contributed by atoms with Crippen molar-refractivity contribution in [1.29, 1.82) is 0 Å². The fourth-order valence-electron chi connectivity index (χ4n) is 2.63. The summed E-state index contributed by atoms with van der Waals surface area (Å²) in [6.07, 6.45) is 2.05. The van der Waals surface area contributed by atoms with Crippen molar-refractivity contribution >= 4 is 5.91 Å². The van der Waals surface area contributed by atoms with Crippen molar-refractivity contribution in [1.82, 2.24) is 10.2 Å². The highest BCUT2D eigenvalue weighted by molar-refractivity contribution is 5.83. The van der Waals surface area contributed by atoms with Gasteiger partial charge in [-0.1, -0.05) is 30.3 Å². The number of likely N-dealkylation sites (tertiary alicyclic amines) is 1. The van der Waals surface area contributed by atoms with Gasteiger partial charge in [0.05, 0.1) is 5.92 Å². The summed E-state index contributed by atoms with van der Waals surface area (Å²) in [5.41, 5.74) is 1.29. The lowest BCUT2D eigenvalue weighted by Gasteiger charge is -2.40. The first-order valence-electron chi connectivity index (χ1n) is 7.08. The van der Waals surface area contributed by atoms with Crippen LogP contribution in [0.1, 0.15) is 38.2 Å². The molecule has 2 rings (SSSR count). The monoisotopic (exact) mass is 260 g/mol. The van der Waals surface area contributed by atoms with Crippen LogP contribution in [0.3, 0.4) is 0 Å². The Kier molecular flexibility index (Phi) is 4.25. The molecule has 1 unspecified atom stereocenters. The van der Waals surface area contributed by atoms with Gasteiger partial charge in [0.25, 0.3) is 0 Å². The van der Waals surface area contributed by atoms with E-state index in [1.54, 1.807) is 0 Å². The third kappa shape index (κ3) is 3.16. The lowest BCUT2D eigenvalue weighted by molar-refractivity contribution is -0.134. The first-order chi connectivity index (χ1) is 9.06. The first-order valence-corrected chi connectivity index (χ1v) is 7.08. The molecule has 1 amide bonds. The smallest absolute Gasteiger partial charge is 0.229 e. The summed E-state index contributed by atoms with van der Waals surface area (Å²) in [7, 11) is 2.00. The predicted octanol–water partition coefficient (Wildman–Crippen LogP) is 2.39. The van der Waals surface area contributed by atoms with E-state index in [1.165, 1.54) is 0 Å². The number of rotatable bonds is 3. The van der Waals surface area contributed by atoms with Crippen LogP contribution in [0.5, 0.6) is 0 Å². The first kappa shape index (κ1) is 14.1. The second-order valence-electron chi connectivity index (χ2n) is 5.77. The number of amides is 1. The summed E-state index contributed by atoms with van der Waals surface area (Å²) >= 11 is 0. The van der Waals surface area contributed by atoms with E-state index in [-0.39, 0.29) is 17.4 Å². The van der Waals surface area contributed by atoms with E-state index in [4.69, 9.17) is 0 Å². The van der Waals surface area contributed by atoms with Gasteiger partial charge in [-0.15, -0.1) is 0 Å². The second-order valence-corrected chi connectivity index (χ2v) is 5.77. The van der Waals surface area contributed by atoms with E-state index < -0.39 is 0 Å². The summed E-state index contributed by atoms with van der Waals surface area (Å²) in [5.74, 6) is 0.212. The van der Waals surface area contributed by atoms with Crippen LogP contribution in [-0.4, -0.2) is 36.5 Å². The van der Waals surface area contributed by atoms with Crippen LogP contribution in [0.4, 0.5) is 0 Å². The number of piperidine rings is 1. The SMILES string of the molecule is CNC1(C)CCN(C(=O)C(C)c2ccccc2)CC1. The number of benzene rings is 1. The quantitative estimate of drug-likeness (QED) is 0.905. The number of hydrogen-bond donors (Lipinski definition) is 1. The zero-order valence-electron chi connectivity index (χ0n) is 12.1. The summed E-state index contributed by atoms with van der Waals surface area (Å²) < 4.78 is 0. The Morgan fingerprint density at radius 2 is 1.84 bits per heavy atom. The molecule has 3 heteroatoms. The zero-order valence-corrected chi connectivity index (χ0v) is 12.1. The third-order valence-electron chi connectivity index (χ3n) is 4.45. The number of hydrogen-bond acceptors (Lipinski definition) is 2. The molecule has 104 valence electrons. The molecular weight excluding hydrogens is 236 g/mol. The molecule has 1 aliphatic rings. The summed E-state index contributed by atoms with van der Waals surface area (Å²) in [6, 6.07) is 10.0. The Labute approximate surface area is 116 Å². The van der Waals surface area contributed by atoms with Gasteiger partial charge in [0.15, 0.2) is 0 Å². The van der Waals surface area contributed by atoms with Gasteiger partial charge in [-0.3, -0.25) is 4.79 Å². The van der Waals surface area contributed by atoms with Crippen LogP contribution in [-0.2, 0) is 4.79 Å². The van der Waals surface area contributed by atoms with Gasteiger partial charge < -0.3 is 10.2 Å². The largest absolute Gasteiger partial charge is 0.342 e. The molecule has 0 aliphatic carbocycles. The highest BCUT2D eigenvalue weighted by Crippen LogP contribution is 2.25. The molecule has 1 aliphatic heterocycles. The average Bonchev–Trinajstić information content (AvgIpc) is 2.47. The molecule has 0 saturated carbocycles. The summed E-state index contributed by atoms with van der Waals surface area (Å²) in [4.78, 5) is 14.5. The third-order valence-corrected chi connectivity index (χ3v) is 4.45. The van der Waals surface area contributed by atoms with E-state index >= 15 is 0 Å². The van der Waals surface area contributed by atoms with Crippen molar-refractivity contribution in [3.8, 4) is 0 Å². The van der Waals surface area contributed by atoms with Gasteiger partial charge in [0.2, 0.25) is 5.91 Å². The van der Waals surface area contributed by atoms with E-state index in [1.807, 2.05) is 49.2 Å². The molecular formula is C16H24N2O. The van der Waals surface area contributed by atoms with E-state index in [0.29, 0.717) is 0 Å². The minimum Gasteiger partial charge on any atom is -0.342 e. The molecule has 1 heterocycles. The van der Waals surface area contributed by atoms with Crippen LogP contribution in [0.25, 0.3) is 0 Å². The van der Waals surface area contributed by atoms with Gasteiger partial charge in [0.1, 0.15) is 0 Å². The van der Waals surface area contributed by atoms with Gasteiger partial charge in [0, 0.05) is 18.6 Å². The predicted molar refractivity (Wildman–Crippen MR) is 78.1 cm³/mol. The van der Waals surface area contributed by atoms with Crippen molar-refractivity contribution in [2.24, 2.45) is 0 Å². The highest BCUT2D eigenvalue weighted by Gasteiger charge is 2.32. The number of nitrogens with zero attached hydrogens (tertiary/aromatic N) is 1. The lowest BCUT2D eigenvalue weighted by Crippen LogP contribution is -2.52. The van der Waals surface area contributed by atoms with E-state index in [0.717, 1.165) is 31.5 Å². The zero-order chi connectivity index (χ0) is 13.9. The van der Waals surface area contributed by atoms with Gasteiger partial charge in [-0.25, -0.2) is 0 Å². The van der Waals surface area contributed by atoms with Crippen molar-refractivity contribution < 1.29 is 4.79 Å². The minimum atomic E-state index is -0.0415. The minimum absolute atomic E-state index is 0.0415. The summed E-state index contributed by atoms with van der Waals surface area (Å²) in [6.45, 7) is 5.94. The van der Waals surface area contributed by atoms with Crippen molar-refractivity contribution in [2.75, 3.05) is 20.1 Å². The van der Waals surface area contributed by atoms with Crippen LogP contribution in [0.2, 0.25) is 0 Å². The molecule has 0 spiro atoms. The fraction of sp³-hybridized carbons (Fsp3) is 0.562. The second kappa shape index (κ2) is 5.74. The Morgan fingerprint density at radius 1 is 1.26 bits per heavy atom. The lowest BCUT2D eigenvalue weighted by atomic mass is 9.89. The average molecular weight is 260 g/mol. The molecule has 19 heavy (non-hydrogen) atoms. The number of carbonyl (C=O) groups excluding carboxylic acids is 1. The maximum atomic E-state index is 12.5. The van der Waals surface area contributed by atoms with Gasteiger partial charge >= 0.3 is 0 Å². The van der Waals surface area contributed by atoms with E-state index in [9.17, 15) is 4.79 Å². The van der Waals surface area contributed by atoms with Crippen molar-refractivity contribution in [2.45, 2.75) is 38.1 Å². The highest BCUT2D eigenvalue weighted by atomic mass is 16.2. The molecule has 3 nitrogen and oxygen atoms in total. The van der Waals surface area contributed by atoms with Crippen molar-refractivity contribution in [3.05, 3.63) is 35.9 Å². The number of nitrogens with one attached hydrogen (secondary N) is 1. The maximum Gasteiger partial charge on any atom is 0.229 e. The molecule has 0 bridgehead atoms. The van der Waals surface area contributed by atoms with Crippen LogP contribution >= 0.6 is 0 Å². The topological polar surface area (TPSA) is 32.3 Å².